The fourth-order valence-electron chi connectivity index (χ4n) is 1.94. The van der Waals surface area contributed by atoms with Gasteiger partial charge in [0.1, 0.15) is 5.75 Å². The third kappa shape index (κ3) is 5.57. The summed E-state index contributed by atoms with van der Waals surface area (Å²) in [5, 5.41) is 0. The van der Waals surface area contributed by atoms with E-state index in [1.54, 1.807) is 36.0 Å². The Balaban J connectivity index is 1.84. The average molecular weight is 351 g/mol. The Morgan fingerprint density at radius 1 is 1.04 bits per heavy atom. The molecule has 0 aliphatic carbocycles. The smallest absolute Gasteiger partial charge is 0.240 e. The molecule has 0 heterocycles. The SMILES string of the molecule is CCOc1ccc(S(=O)(=O)NCCSc2ccc(C)cc2)cc1. The first-order valence-electron chi connectivity index (χ1n) is 7.43. The number of nitrogens with one attached hydrogen (secondary N) is 1. The summed E-state index contributed by atoms with van der Waals surface area (Å²) < 4.78 is 32.3. The van der Waals surface area contributed by atoms with E-state index in [1.165, 1.54) is 5.56 Å². The van der Waals surface area contributed by atoms with Crippen molar-refractivity contribution in [2.75, 3.05) is 18.9 Å². The Labute approximate surface area is 142 Å². The van der Waals surface area contributed by atoms with Crippen LogP contribution in [-0.4, -0.2) is 27.3 Å². The first kappa shape index (κ1) is 17.8. The van der Waals surface area contributed by atoms with Gasteiger partial charge in [0.2, 0.25) is 10.0 Å². The Bertz CT molecular complexity index is 711. The minimum absolute atomic E-state index is 0.251. The first-order chi connectivity index (χ1) is 11.0. The van der Waals surface area contributed by atoms with E-state index in [0.717, 1.165) is 4.90 Å². The van der Waals surface area contributed by atoms with Crippen molar-refractivity contribution in [3.05, 3.63) is 54.1 Å². The molecule has 23 heavy (non-hydrogen) atoms. The Kier molecular flexibility index (Phi) is 6.50. The third-order valence-electron chi connectivity index (χ3n) is 3.13. The van der Waals surface area contributed by atoms with E-state index in [0.29, 0.717) is 24.7 Å². The second-order valence-electron chi connectivity index (χ2n) is 4.96. The van der Waals surface area contributed by atoms with Gasteiger partial charge in [0.25, 0.3) is 0 Å². The molecule has 0 atom stereocenters. The Morgan fingerprint density at radius 2 is 1.70 bits per heavy atom. The van der Waals surface area contributed by atoms with Crippen LogP contribution in [0.25, 0.3) is 0 Å². The van der Waals surface area contributed by atoms with Gasteiger partial charge >= 0.3 is 0 Å². The van der Waals surface area contributed by atoms with E-state index >= 15 is 0 Å². The molecule has 0 fully saturated rings. The molecule has 6 heteroatoms. The van der Waals surface area contributed by atoms with Gasteiger partial charge in [-0.05, 0) is 50.2 Å². The van der Waals surface area contributed by atoms with E-state index in [2.05, 4.69) is 4.72 Å². The zero-order chi connectivity index (χ0) is 16.7. The largest absolute Gasteiger partial charge is 0.494 e. The van der Waals surface area contributed by atoms with Crippen molar-refractivity contribution >= 4 is 21.8 Å². The molecule has 2 rings (SSSR count). The minimum atomic E-state index is -3.47. The maximum atomic E-state index is 12.2. The van der Waals surface area contributed by atoms with Crippen LogP contribution in [0, 0.1) is 6.92 Å². The highest BCUT2D eigenvalue weighted by Gasteiger charge is 2.13. The molecule has 0 bridgehead atoms. The van der Waals surface area contributed by atoms with E-state index in [-0.39, 0.29) is 4.90 Å². The van der Waals surface area contributed by atoms with Gasteiger partial charge in [0.05, 0.1) is 11.5 Å². The summed E-state index contributed by atoms with van der Waals surface area (Å²) in [6.45, 7) is 4.87. The van der Waals surface area contributed by atoms with Gasteiger partial charge < -0.3 is 4.74 Å². The fraction of sp³-hybridized carbons (Fsp3) is 0.294. The predicted molar refractivity (Wildman–Crippen MR) is 94.7 cm³/mol. The molecule has 0 saturated carbocycles. The highest BCUT2D eigenvalue weighted by molar-refractivity contribution is 7.99. The second kappa shape index (κ2) is 8.38. The number of thioether (sulfide) groups is 1. The lowest BCUT2D eigenvalue weighted by molar-refractivity contribution is 0.340. The van der Waals surface area contributed by atoms with Gasteiger partial charge in [-0.15, -0.1) is 11.8 Å². The summed E-state index contributed by atoms with van der Waals surface area (Å²) in [6, 6.07) is 14.6. The summed E-state index contributed by atoms with van der Waals surface area (Å²) >= 11 is 1.63. The normalized spacial score (nSPS) is 11.4. The van der Waals surface area contributed by atoms with Crippen LogP contribution in [0.4, 0.5) is 0 Å². The van der Waals surface area contributed by atoms with Gasteiger partial charge in [0, 0.05) is 17.2 Å². The van der Waals surface area contributed by atoms with Crippen molar-refractivity contribution in [3.63, 3.8) is 0 Å². The maximum absolute atomic E-state index is 12.2. The zero-order valence-electron chi connectivity index (χ0n) is 13.3. The van der Waals surface area contributed by atoms with Crippen molar-refractivity contribution in [3.8, 4) is 5.75 Å². The van der Waals surface area contributed by atoms with Crippen molar-refractivity contribution in [1.29, 1.82) is 0 Å². The highest BCUT2D eigenvalue weighted by atomic mass is 32.2. The summed E-state index contributed by atoms with van der Waals surface area (Å²) in [6.07, 6.45) is 0. The van der Waals surface area contributed by atoms with E-state index < -0.39 is 10.0 Å². The van der Waals surface area contributed by atoms with Crippen LogP contribution in [0.15, 0.2) is 58.3 Å². The quantitative estimate of drug-likeness (QED) is 0.584. The van der Waals surface area contributed by atoms with Gasteiger partial charge in [-0.1, -0.05) is 17.7 Å². The first-order valence-corrected chi connectivity index (χ1v) is 9.90. The fourth-order valence-corrected chi connectivity index (χ4v) is 3.87. The lowest BCUT2D eigenvalue weighted by atomic mass is 10.2. The molecular weight excluding hydrogens is 330 g/mol. The molecule has 2 aromatic carbocycles. The Hall–Kier alpha value is -1.50. The van der Waals surface area contributed by atoms with Gasteiger partial charge in [-0.2, -0.15) is 0 Å². The molecule has 0 spiro atoms. The Morgan fingerprint density at radius 3 is 2.30 bits per heavy atom. The number of rotatable bonds is 8. The van der Waals surface area contributed by atoms with E-state index in [1.807, 2.05) is 38.1 Å². The van der Waals surface area contributed by atoms with Crippen LogP contribution in [-0.2, 0) is 10.0 Å². The molecule has 2 aromatic rings. The number of hydrogen-bond acceptors (Lipinski definition) is 4. The van der Waals surface area contributed by atoms with Crippen LogP contribution in [0.5, 0.6) is 5.75 Å². The van der Waals surface area contributed by atoms with Crippen molar-refractivity contribution in [2.24, 2.45) is 0 Å². The van der Waals surface area contributed by atoms with Gasteiger partial charge in [0.15, 0.2) is 0 Å². The molecule has 0 unspecified atom stereocenters. The summed E-state index contributed by atoms with van der Waals surface area (Å²) in [5.74, 6) is 1.35. The monoisotopic (exact) mass is 351 g/mol. The summed E-state index contributed by atoms with van der Waals surface area (Å²) in [5.41, 5.74) is 1.21. The predicted octanol–water partition coefficient (Wildman–Crippen LogP) is 3.46. The van der Waals surface area contributed by atoms with E-state index in [9.17, 15) is 8.42 Å². The van der Waals surface area contributed by atoms with Gasteiger partial charge in [-0.3, -0.25) is 0 Å². The number of sulfonamides is 1. The van der Waals surface area contributed by atoms with Crippen molar-refractivity contribution in [2.45, 2.75) is 23.6 Å². The summed E-state index contributed by atoms with van der Waals surface area (Å²) in [4.78, 5) is 1.39. The summed E-state index contributed by atoms with van der Waals surface area (Å²) in [7, 11) is -3.47. The molecule has 4 nitrogen and oxygen atoms in total. The van der Waals surface area contributed by atoms with Crippen LogP contribution >= 0.6 is 11.8 Å². The molecule has 0 aliphatic heterocycles. The molecular formula is C17H21NO3S2. The van der Waals surface area contributed by atoms with Gasteiger partial charge in [-0.25, -0.2) is 13.1 Å². The highest BCUT2D eigenvalue weighted by Crippen LogP contribution is 2.18. The van der Waals surface area contributed by atoms with Crippen LogP contribution in [0.1, 0.15) is 12.5 Å². The number of benzene rings is 2. The molecule has 0 aromatic heterocycles. The number of aryl methyl sites for hydroxylation is 1. The van der Waals surface area contributed by atoms with Crippen LogP contribution in [0.3, 0.4) is 0 Å². The zero-order valence-corrected chi connectivity index (χ0v) is 14.9. The number of ether oxygens (including phenoxy) is 1. The average Bonchev–Trinajstić information content (AvgIpc) is 2.54. The lowest BCUT2D eigenvalue weighted by Crippen LogP contribution is -2.26. The third-order valence-corrected chi connectivity index (χ3v) is 5.62. The standard InChI is InChI=1S/C17H21NO3S2/c1-3-21-15-6-10-17(11-7-15)23(19,20)18-12-13-22-16-8-4-14(2)5-9-16/h4-11,18H,3,12-13H2,1-2H3. The molecule has 124 valence electrons. The van der Waals surface area contributed by atoms with Crippen LogP contribution in [0.2, 0.25) is 0 Å². The van der Waals surface area contributed by atoms with Crippen LogP contribution < -0.4 is 9.46 Å². The molecule has 1 N–H and O–H groups in total. The second-order valence-corrected chi connectivity index (χ2v) is 7.90. The van der Waals surface area contributed by atoms with Crippen molar-refractivity contribution < 1.29 is 13.2 Å². The molecule has 0 radical (unpaired) electrons. The number of hydrogen-bond donors (Lipinski definition) is 1. The minimum Gasteiger partial charge on any atom is -0.494 e. The maximum Gasteiger partial charge on any atom is 0.240 e. The van der Waals surface area contributed by atoms with Crippen molar-refractivity contribution in [1.82, 2.24) is 4.72 Å². The van der Waals surface area contributed by atoms with E-state index in [4.69, 9.17) is 4.74 Å². The topological polar surface area (TPSA) is 55.4 Å². The lowest BCUT2D eigenvalue weighted by Gasteiger charge is -2.08. The molecule has 0 aliphatic rings. The molecule has 0 amide bonds. The molecule has 0 saturated heterocycles.